The van der Waals surface area contributed by atoms with Gasteiger partial charge < -0.3 is 10.2 Å². The number of halogens is 1. The van der Waals surface area contributed by atoms with E-state index in [-0.39, 0.29) is 17.9 Å². The van der Waals surface area contributed by atoms with Crippen LogP contribution in [0.3, 0.4) is 0 Å². The molecule has 1 aliphatic heterocycles. The van der Waals surface area contributed by atoms with Crippen LogP contribution < -0.4 is 5.32 Å². The molecule has 1 aromatic carbocycles. The highest BCUT2D eigenvalue weighted by atomic mass is 79.9. The normalized spacial score (nSPS) is 16.4. The lowest BCUT2D eigenvalue weighted by Gasteiger charge is -2.21. The molecule has 5 heteroatoms. The van der Waals surface area contributed by atoms with E-state index in [9.17, 15) is 9.59 Å². The maximum atomic E-state index is 12.2. The Morgan fingerprint density at radius 2 is 2.20 bits per heavy atom. The molecule has 1 saturated heterocycles. The fourth-order valence-electron chi connectivity index (χ4n) is 2.45. The van der Waals surface area contributed by atoms with Crippen molar-refractivity contribution in [2.24, 2.45) is 0 Å². The Morgan fingerprint density at radius 3 is 2.80 bits per heavy atom. The number of carbonyl (C=O) groups is 2. The van der Waals surface area contributed by atoms with Gasteiger partial charge in [-0.15, -0.1) is 0 Å². The molecular weight excluding hydrogens is 320 g/mol. The zero-order valence-electron chi connectivity index (χ0n) is 11.8. The molecule has 1 unspecified atom stereocenters. The van der Waals surface area contributed by atoms with E-state index in [1.54, 1.807) is 6.07 Å². The molecule has 0 radical (unpaired) electrons. The van der Waals surface area contributed by atoms with Crippen LogP contribution in [-0.2, 0) is 4.79 Å². The first-order chi connectivity index (χ1) is 9.45. The van der Waals surface area contributed by atoms with Crippen molar-refractivity contribution in [1.29, 1.82) is 0 Å². The Hall–Kier alpha value is -1.36. The van der Waals surface area contributed by atoms with Crippen molar-refractivity contribution >= 4 is 27.7 Å². The van der Waals surface area contributed by atoms with Crippen LogP contribution >= 0.6 is 15.9 Å². The third-order valence-electron chi connectivity index (χ3n) is 3.35. The second-order valence-electron chi connectivity index (χ2n) is 5.34. The number of hydrogen-bond acceptors (Lipinski definition) is 2. The van der Waals surface area contributed by atoms with Gasteiger partial charge in [0, 0.05) is 35.6 Å². The largest absolute Gasteiger partial charge is 0.348 e. The molecule has 1 aliphatic rings. The van der Waals surface area contributed by atoms with E-state index >= 15 is 0 Å². The first kappa shape index (κ1) is 15.0. The Labute approximate surface area is 127 Å². The summed E-state index contributed by atoms with van der Waals surface area (Å²) in [5.41, 5.74) is 1.67. The van der Waals surface area contributed by atoms with Crippen molar-refractivity contribution in [3.05, 3.63) is 33.8 Å². The van der Waals surface area contributed by atoms with Gasteiger partial charge in [-0.3, -0.25) is 9.59 Å². The van der Waals surface area contributed by atoms with E-state index in [0.29, 0.717) is 18.5 Å². The van der Waals surface area contributed by atoms with Gasteiger partial charge in [0.15, 0.2) is 0 Å². The van der Waals surface area contributed by atoms with Crippen LogP contribution in [0.15, 0.2) is 22.7 Å². The highest BCUT2D eigenvalue weighted by Crippen LogP contribution is 2.15. The van der Waals surface area contributed by atoms with Crippen LogP contribution in [0.2, 0.25) is 0 Å². The number of nitrogens with zero attached hydrogens (tertiary/aromatic N) is 1. The molecule has 1 heterocycles. The summed E-state index contributed by atoms with van der Waals surface area (Å²) in [5, 5.41) is 2.94. The number of hydrogen-bond donors (Lipinski definition) is 1. The van der Waals surface area contributed by atoms with Gasteiger partial charge in [0.25, 0.3) is 5.91 Å². The fraction of sp³-hybridized carbons (Fsp3) is 0.467. The molecule has 1 atom stereocenters. The number of aryl methyl sites for hydroxylation is 1. The van der Waals surface area contributed by atoms with Crippen LogP contribution in [0.4, 0.5) is 0 Å². The van der Waals surface area contributed by atoms with Crippen molar-refractivity contribution < 1.29 is 9.59 Å². The van der Waals surface area contributed by atoms with Gasteiger partial charge in [0.2, 0.25) is 5.91 Å². The smallest absolute Gasteiger partial charge is 0.251 e. The maximum absolute atomic E-state index is 12.2. The molecular formula is C15H19BrN2O2. The van der Waals surface area contributed by atoms with Crippen molar-refractivity contribution in [1.82, 2.24) is 10.2 Å². The van der Waals surface area contributed by atoms with Crippen LogP contribution in [0.25, 0.3) is 0 Å². The van der Waals surface area contributed by atoms with E-state index < -0.39 is 0 Å². The lowest BCUT2D eigenvalue weighted by Crippen LogP contribution is -2.42. The Morgan fingerprint density at radius 1 is 1.45 bits per heavy atom. The summed E-state index contributed by atoms with van der Waals surface area (Å²) in [6, 6.07) is 5.57. The molecule has 20 heavy (non-hydrogen) atoms. The lowest BCUT2D eigenvalue weighted by atomic mass is 10.1. The quantitative estimate of drug-likeness (QED) is 0.916. The van der Waals surface area contributed by atoms with Crippen LogP contribution in [-0.4, -0.2) is 35.8 Å². The minimum Gasteiger partial charge on any atom is -0.348 e. The molecule has 0 spiro atoms. The second kappa shape index (κ2) is 6.39. The summed E-state index contributed by atoms with van der Waals surface area (Å²) in [6.45, 7) is 5.26. The third-order valence-corrected chi connectivity index (χ3v) is 3.81. The maximum Gasteiger partial charge on any atom is 0.251 e. The highest BCUT2D eigenvalue weighted by Gasteiger charge is 2.22. The van der Waals surface area contributed by atoms with Crippen LogP contribution in [0, 0.1) is 6.92 Å². The Bertz CT molecular complexity index is 510. The van der Waals surface area contributed by atoms with Gasteiger partial charge in [-0.25, -0.2) is 0 Å². The van der Waals surface area contributed by atoms with Gasteiger partial charge in [-0.2, -0.15) is 0 Å². The van der Waals surface area contributed by atoms with Gasteiger partial charge in [0.05, 0.1) is 0 Å². The zero-order valence-corrected chi connectivity index (χ0v) is 13.4. The van der Waals surface area contributed by atoms with E-state index in [0.717, 1.165) is 23.0 Å². The topological polar surface area (TPSA) is 49.4 Å². The summed E-state index contributed by atoms with van der Waals surface area (Å²) in [7, 11) is 0. The first-order valence-corrected chi connectivity index (χ1v) is 7.61. The Balaban J connectivity index is 1.94. The zero-order chi connectivity index (χ0) is 14.7. The van der Waals surface area contributed by atoms with Crippen molar-refractivity contribution in [2.75, 3.05) is 13.1 Å². The number of nitrogens with one attached hydrogen (secondary N) is 1. The Kier molecular flexibility index (Phi) is 4.81. The molecule has 1 fully saturated rings. The molecule has 0 saturated carbocycles. The predicted octanol–water partition coefficient (Wildman–Crippen LogP) is 2.50. The third kappa shape index (κ3) is 3.82. The molecule has 108 valence electrons. The minimum absolute atomic E-state index is 0.0520. The van der Waals surface area contributed by atoms with Crippen LogP contribution in [0.1, 0.15) is 35.7 Å². The van der Waals surface area contributed by atoms with Gasteiger partial charge in [-0.1, -0.05) is 15.9 Å². The van der Waals surface area contributed by atoms with E-state index in [1.807, 2.05) is 30.9 Å². The fourth-order valence-corrected chi connectivity index (χ4v) is 3.06. The number of amides is 2. The van der Waals surface area contributed by atoms with Gasteiger partial charge in [-0.05, 0) is 44.0 Å². The van der Waals surface area contributed by atoms with Gasteiger partial charge in [0.1, 0.15) is 0 Å². The average molecular weight is 339 g/mol. The number of rotatable bonds is 4. The standard InChI is InChI=1S/C15H19BrN2O2/c1-10-6-12(8-13(16)7-10)15(20)17-11(2)9-18-5-3-4-14(18)19/h6-8,11H,3-5,9H2,1-2H3,(H,17,20). The molecule has 0 aliphatic carbocycles. The monoisotopic (exact) mass is 338 g/mol. The average Bonchev–Trinajstić information content (AvgIpc) is 2.73. The first-order valence-electron chi connectivity index (χ1n) is 6.81. The molecule has 2 rings (SSSR count). The summed E-state index contributed by atoms with van der Waals surface area (Å²) in [4.78, 5) is 25.6. The summed E-state index contributed by atoms with van der Waals surface area (Å²) in [5.74, 6) is 0.0814. The molecule has 4 nitrogen and oxygen atoms in total. The number of benzene rings is 1. The summed E-state index contributed by atoms with van der Waals surface area (Å²) < 4.78 is 0.894. The van der Waals surface area contributed by atoms with Crippen molar-refractivity contribution in [2.45, 2.75) is 32.7 Å². The molecule has 2 amide bonds. The SMILES string of the molecule is Cc1cc(Br)cc(C(=O)NC(C)CN2CCCC2=O)c1. The predicted molar refractivity (Wildman–Crippen MR) is 81.6 cm³/mol. The summed E-state index contributed by atoms with van der Waals surface area (Å²) >= 11 is 3.39. The van der Waals surface area contributed by atoms with Crippen molar-refractivity contribution in [3.63, 3.8) is 0 Å². The van der Waals surface area contributed by atoms with Crippen LogP contribution in [0.5, 0.6) is 0 Å². The molecule has 0 aromatic heterocycles. The number of likely N-dealkylation sites (tertiary alicyclic amines) is 1. The van der Waals surface area contributed by atoms with Crippen molar-refractivity contribution in [3.8, 4) is 0 Å². The molecule has 0 bridgehead atoms. The number of carbonyl (C=O) groups excluding carboxylic acids is 2. The second-order valence-corrected chi connectivity index (χ2v) is 6.25. The molecule has 1 N–H and O–H groups in total. The highest BCUT2D eigenvalue weighted by molar-refractivity contribution is 9.10. The van der Waals surface area contributed by atoms with E-state index in [1.165, 1.54) is 0 Å². The van der Waals surface area contributed by atoms with E-state index in [2.05, 4.69) is 21.2 Å². The van der Waals surface area contributed by atoms with E-state index in [4.69, 9.17) is 0 Å². The molecule has 1 aromatic rings. The summed E-state index contributed by atoms with van der Waals surface area (Å²) in [6.07, 6.45) is 1.55. The van der Waals surface area contributed by atoms with Gasteiger partial charge >= 0.3 is 0 Å². The lowest BCUT2D eigenvalue weighted by molar-refractivity contribution is -0.127. The minimum atomic E-state index is -0.103.